The number of rotatable bonds is 5. The van der Waals surface area contributed by atoms with Crippen LogP contribution in [0.1, 0.15) is 23.6 Å². The maximum Gasteiger partial charge on any atom is 0.277 e. The van der Waals surface area contributed by atoms with Crippen LogP contribution in [-0.2, 0) is 16.8 Å². The molecule has 4 rings (SSSR count). The van der Waals surface area contributed by atoms with Gasteiger partial charge in [0.05, 0.1) is 0 Å². The Bertz CT molecular complexity index is 1050. The van der Waals surface area contributed by atoms with E-state index < -0.39 is 5.54 Å². The predicted molar refractivity (Wildman–Crippen MR) is 109 cm³/mol. The van der Waals surface area contributed by atoms with Crippen molar-refractivity contribution in [2.24, 2.45) is 4.99 Å². The molecule has 1 heterocycles. The fourth-order valence-corrected chi connectivity index (χ4v) is 3.68. The third-order valence-corrected chi connectivity index (χ3v) is 5.40. The van der Waals surface area contributed by atoms with Crippen molar-refractivity contribution in [2.75, 3.05) is 6.54 Å². The third-order valence-electron chi connectivity index (χ3n) is 5.40. The molecule has 1 unspecified atom stereocenters. The van der Waals surface area contributed by atoms with Gasteiger partial charge in [-0.05, 0) is 60.9 Å². The largest absolute Gasteiger partial charge is 0.337 e. The molecule has 1 atom stereocenters. The van der Waals surface area contributed by atoms with Gasteiger partial charge in [-0.15, -0.1) is 0 Å². The van der Waals surface area contributed by atoms with E-state index in [1.807, 2.05) is 35.2 Å². The molecule has 0 radical (unpaired) electrons. The molecule has 0 fully saturated rings. The number of hydrogen-bond acceptors (Lipinski definition) is 2. The Morgan fingerprint density at radius 1 is 0.862 bits per heavy atom. The first-order valence-corrected chi connectivity index (χ1v) is 9.45. The van der Waals surface area contributed by atoms with Gasteiger partial charge in [0.25, 0.3) is 5.91 Å². The summed E-state index contributed by atoms with van der Waals surface area (Å²) in [4.78, 5) is 19.3. The van der Waals surface area contributed by atoms with E-state index in [2.05, 4.69) is 4.99 Å². The lowest BCUT2D eigenvalue weighted by Crippen LogP contribution is -2.48. The molecule has 0 spiro atoms. The summed E-state index contributed by atoms with van der Waals surface area (Å²) < 4.78 is 26.9. The van der Waals surface area contributed by atoms with Crippen molar-refractivity contribution < 1.29 is 13.6 Å². The summed E-state index contributed by atoms with van der Waals surface area (Å²) in [7, 11) is 0. The van der Waals surface area contributed by atoms with Crippen molar-refractivity contribution in [3.05, 3.63) is 107 Å². The maximum absolute atomic E-state index is 13.5. The summed E-state index contributed by atoms with van der Waals surface area (Å²) >= 11 is 0. The number of halogens is 2. The second kappa shape index (κ2) is 7.59. The van der Waals surface area contributed by atoms with Crippen molar-refractivity contribution in [1.82, 2.24) is 4.90 Å². The molecular weight excluding hydrogens is 370 g/mol. The number of hydrogen-bond donors (Lipinski definition) is 0. The van der Waals surface area contributed by atoms with Crippen LogP contribution in [-0.4, -0.2) is 23.2 Å². The molecule has 0 aromatic heterocycles. The number of amides is 1. The fourth-order valence-electron chi connectivity index (χ4n) is 3.68. The van der Waals surface area contributed by atoms with Crippen molar-refractivity contribution in [1.29, 1.82) is 0 Å². The van der Waals surface area contributed by atoms with E-state index in [9.17, 15) is 13.6 Å². The molecule has 146 valence electrons. The summed E-state index contributed by atoms with van der Waals surface area (Å²) in [6.07, 6.45) is 0.700. The highest BCUT2D eigenvalue weighted by Crippen LogP contribution is 2.36. The van der Waals surface area contributed by atoms with E-state index in [1.54, 1.807) is 31.2 Å². The summed E-state index contributed by atoms with van der Waals surface area (Å²) in [6.45, 7) is 2.33. The van der Waals surface area contributed by atoms with E-state index in [1.165, 1.54) is 24.3 Å². The Morgan fingerprint density at radius 3 is 2.07 bits per heavy atom. The minimum atomic E-state index is -1.06. The smallest absolute Gasteiger partial charge is 0.277 e. The number of carbonyl (C=O) groups excluding carboxylic acids is 1. The average Bonchev–Trinajstić information content (AvgIpc) is 2.99. The quantitative estimate of drug-likeness (QED) is 0.632. The Morgan fingerprint density at radius 2 is 1.45 bits per heavy atom. The molecule has 29 heavy (non-hydrogen) atoms. The molecule has 3 nitrogen and oxygen atoms in total. The van der Waals surface area contributed by atoms with Crippen LogP contribution in [0.4, 0.5) is 8.78 Å². The summed E-state index contributed by atoms with van der Waals surface area (Å²) in [6, 6.07) is 21.8. The van der Waals surface area contributed by atoms with E-state index >= 15 is 0 Å². The molecule has 1 amide bonds. The second-order valence-corrected chi connectivity index (χ2v) is 7.21. The van der Waals surface area contributed by atoms with Gasteiger partial charge in [-0.1, -0.05) is 42.5 Å². The van der Waals surface area contributed by atoms with Crippen molar-refractivity contribution in [3.63, 3.8) is 0 Å². The maximum atomic E-state index is 13.5. The molecular formula is C24H20F2N2O. The Labute approximate surface area is 168 Å². The zero-order valence-electron chi connectivity index (χ0n) is 16.0. The first-order valence-electron chi connectivity index (χ1n) is 9.45. The molecule has 0 N–H and O–H groups in total. The van der Waals surface area contributed by atoms with Crippen LogP contribution in [0, 0.1) is 11.6 Å². The van der Waals surface area contributed by atoms with Crippen LogP contribution in [0.25, 0.3) is 0 Å². The lowest BCUT2D eigenvalue weighted by Gasteiger charge is -2.36. The van der Waals surface area contributed by atoms with Gasteiger partial charge < -0.3 is 4.90 Å². The number of carbonyl (C=O) groups is 1. The number of benzene rings is 3. The van der Waals surface area contributed by atoms with Crippen LogP contribution >= 0.6 is 0 Å². The van der Waals surface area contributed by atoms with Gasteiger partial charge in [0.2, 0.25) is 0 Å². The SMILES string of the molecule is CC1(c2ccc(F)cc2)C(=O)N=C(c2ccc(F)cc2)N1CCc1ccccc1. The molecule has 1 aliphatic rings. The standard InChI is InChI=1S/C24H20F2N2O/c1-24(19-9-13-21(26)14-10-19)23(29)27-22(18-7-11-20(25)12-8-18)28(24)16-15-17-5-3-2-4-6-17/h2-14H,15-16H2,1H3. The van der Waals surface area contributed by atoms with E-state index in [4.69, 9.17) is 0 Å². The highest BCUT2D eigenvalue weighted by atomic mass is 19.1. The van der Waals surface area contributed by atoms with Crippen LogP contribution in [0.5, 0.6) is 0 Å². The Hall–Kier alpha value is -3.34. The van der Waals surface area contributed by atoms with E-state index in [0.29, 0.717) is 29.9 Å². The van der Waals surface area contributed by atoms with Gasteiger partial charge in [0.15, 0.2) is 0 Å². The molecule has 0 saturated heterocycles. The first-order chi connectivity index (χ1) is 14.0. The zero-order valence-corrected chi connectivity index (χ0v) is 16.0. The van der Waals surface area contributed by atoms with E-state index in [0.717, 1.165) is 5.56 Å². The van der Waals surface area contributed by atoms with Crippen molar-refractivity contribution in [2.45, 2.75) is 18.9 Å². The van der Waals surface area contributed by atoms with Gasteiger partial charge in [0, 0.05) is 12.1 Å². The third kappa shape index (κ3) is 3.56. The zero-order chi connectivity index (χ0) is 20.4. The summed E-state index contributed by atoms with van der Waals surface area (Å²) in [5.41, 5.74) is 1.40. The highest BCUT2D eigenvalue weighted by molar-refractivity contribution is 6.13. The van der Waals surface area contributed by atoms with Gasteiger partial charge >= 0.3 is 0 Å². The van der Waals surface area contributed by atoms with Crippen molar-refractivity contribution in [3.8, 4) is 0 Å². The monoisotopic (exact) mass is 390 g/mol. The second-order valence-electron chi connectivity index (χ2n) is 7.21. The molecule has 0 aliphatic carbocycles. The number of nitrogens with zero attached hydrogens (tertiary/aromatic N) is 2. The van der Waals surface area contributed by atoms with Crippen LogP contribution in [0.3, 0.4) is 0 Å². The Kier molecular flexibility index (Phi) is 4.97. The topological polar surface area (TPSA) is 32.7 Å². The molecule has 0 saturated carbocycles. The van der Waals surface area contributed by atoms with Crippen LogP contribution < -0.4 is 0 Å². The minimum absolute atomic E-state index is 0.323. The fraction of sp³-hybridized carbons (Fsp3) is 0.167. The lowest BCUT2D eigenvalue weighted by atomic mass is 9.89. The first kappa shape index (κ1) is 19.0. The van der Waals surface area contributed by atoms with Gasteiger partial charge in [-0.3, -0.25) is 4.79 Å². The molecule has 3 aromatic carbocycles. The average molecular weight is 390 g/mol. The summed E-state index contributed by atoms with van der Waals surface area (Å²) in [5, 5.41) is 0. The highest BCUT2D eigenvalue weighted by Gasteiger charge is 2.47. The predicted octanol–water partition coefficient (Wildman–Crippen LogP) is 4.71. The molecule has 1 aliphatic heterocycles. The number of aliphatic imine (C=N–C) groups is 1. The molecule has 5 heteroatoms. The number of amidine groups is 1. The van der Waals surface area contributed by atoms with Gasteiger partial charge in [0.1, 0.15) is 23.0 Å². The van der Waals surface area contributed by atoms with E-state index in [-0.39, 0.29) is 17.5 Å². The minimum Gasteiger partial charge on any atom is -0.337 e. The van der Waals surface area contributed by atoms with Crippen LogP contribution in [0.15, 0.2) is 83.9 Å². The summed E-state index contributed by atoms with van der Waals surface area (Å²) in [5.74, 6) is -0.539. The van der Waals surface area contributed by atoms with Gasteiger partial charge in [-0.25, -0.2) is 8.78 Å². The molecule has 3 aromatic rings. The normalized spacial score (nSPS) is 18.8. The van der Waals surface area contributed by atoms with Crippen LogP contribution in [0.2, 0.25) is 0 Å². The van der Waals surface area contributed by atoms with Gasteiger partial charge in [-0.2, -0.15) is 4.99 Å². The lowest BCUT2D eigenvalue weighted by molar-refractivity contribution is -0.125. The Balaban J connectivity index is 1.74. The van der Waals surface area contributed by atoms with Crippen molar-refractivity contribution >= 4 is 11.7 Å². The molecule has 0 bridgehead atoms.